The number of carbonyl (C=O) groups excluding carboxylic acids is 1. The van der Waals surface area contributed by atoms with Gasteiger partial charge in [-0.1, -0.05) is 0 Å². The molecule has 0 unspecified atom stereocenters. The molecule has 0 fully saturated rings. The van der Waals surface area contributed by atoms with Gasteiger partial charge in [-0.2, -0.15) is 0 Å². The van der Waals surface area contributed by atoms with E-state index >= 15 is 0 Å². The molecule has 0 aromatic carbocycles. The number of hydrogen-bond acceptors (Lipinski definition) is 6. The molecule has 0 saturated heterocycles. The van der Waals surface area contributed by atoms with Crippen LogP contribution >= 0.6 is 0 Å². The summed E-state index contributed by atoms with van der Waals surface area (Å²) < 4.78 is 4.95. The summed E-state index contributed by atoms with van der Waals surface area (Å²) in [5.74, 6) is 0.383. The number of aromatic nitrogens is 4. The van der Waals surface area contributed by atoms with Gasteiger partial charge >= 0.3 is 0 Å². The lowest BCUT2D eigenvalue weighted by atomic mass is 10.3. The summed E-state index contributed by atoms with van der Waals surface area (Å²) in [6.07, 6.45) is 1.30. The zero-order valence-corrected chi connectivity index (χ0v) is 10.8. The van der Waals surface area contributed by atoms with Gasteiger partial charge in [0.1, 0.15) is 12.1 Å². The van der Waals surface area contributed by atoms with Gasteiger partial charge in [-0.15, -0.1) is 0 Å². The minimum absolute atomic E-state index is 0.107. The molecule has 2 rings (SSSR count). The highest BCUT2D eigenvalue weighted by molar-refractivity contribution is 6.01. The maximum atomic E-state index is 12.0. The van der Waals surface area contributed by atoms with Crippen molar-refractivity contribution in [3.63, 3.8) is 0 Å². The van der Waals surface area contributed by atoms with Crippen molar-refractivity contribution in [1.29, 1.82) is 0 Å². The Morgan fingerprint density at radius 3 is 2.47 bits per heavy atom. The van der Waals surface area contributed by atoms with Crippen LogP contribution in [0.4, 0.5) is 5.82 Å². The van der Waals surface area contributed by atoms with E-state index in [1.165, 1.54) is 19.5 Å². The number of rotatable bonds is 3. The van der Waals surface area contributed by atoms with Crippen LogP contribution in [0.2, 0.25) is 0 Å². The smallest absolute Gasteiger partial charge is 0.294 e. The molecule has 19 heavy (non-hydrogen) atoms. The first-order chi connectivity index (χ1) is 9.08. The minimum Gasteiger partial charge on any atom is -0.481 e. The van der Waals surface area contributed by atoms with E-state index in [-0.39, 0.29) is 5.82 Å². The molecular weight excluding hydrogens is 246 g/mol. The van der Waals surface area contributed by atoms with Crippen molar-refractivity contribution in [1.82, 2.24) is 19.9 Å². The molecular formula is C12H13N5O2. The molecule has 0 saturated carbocycles. The number of aryl methyl sites for hydroxylation is 2. The molecule has 0 aliphatic carbocycles. The number of hydrogen-bond donors (Lipinski definition) is 1. The lowest BCUT2D eigenvalue weighted by molar-refractivity contribution is 0.101. The lowest BCUT2D eigenvalue weighted by Crippen LogP contribution is -2.17. The molecule has 0 atom stereocenters. The third kappa shape index (κ3) is 3.21. The second-order valence-electron chi connectivity index (χ2n) is 3.87. The standard InChI is InChI=1S/C12H13N5O2/c1-7-4-8(2)16-11(15-7)12(18)17-9-5-10(19-3)14-6-13-9/h4-6H,1-3H3,(H,13,14,17,18). The van der Waals surface area contributed by atoms with E-state index < -0.39 is 5.91 Å². The van der Waals surface area contributed by atoms with Gasteiger partial charge in [0.25, 0.3) is 5.91 Å². The zero-order chi connectivity index (χ0) is 13.8. The van der Waals surface area contributed by atoms with Crippen LogP contribution < -0.4 is 10.1 Å². The molecule has 98 valence electrons. The van der Waals surface area contributed by atoms with Crippen molar-refractivity contribution < 1.29 is 9.53 Å². The van der Waals surface area contributed by atoms with Gasteiger partial charge < -0.3 is 10.1 Å². The van der Waals surface area contributed by atoms with E-state index in [9.17, 15) is 4.79 Å². The molecule has 2 aromatic heterocycles. The average Bonchev–Trinajstić information content (AvgIpc) is 2.37. The Labute approximate surface area is 110 Å². The van der Waals surface area contributed by atoms with Gasteiger partial charge in [-0.05, 0) is 19.9 Å². The Morgan fingerprint density at radius 2 is 1.84 bits per heavy atom. The van der Waals surface area contributed by atoms with Crippen molar-refractivity contribution in [3.8, 4) is 5.88 Å². The molecule has 2 aromatic rings. The summed E-state index contributed by atoms with van der Waals surface area (Å²) >= 11 is 0. The molecule has 0 aliphatic rings. The summed E-state index contributed by atoms with van der Waals surface area (Å²) in [5.41, 5.74) is 1.47. The first kappa shape index (κ1) is 12.9. The molecule has 0 spiro atoms. The van der Waals surface area contributed by atoms with E-state index in [4.69, 9.17) is 4.74 Å². The highest BCUT2D eigenvalue weighted by atomic mass is 16.5. The Hall–Kier alpha value is -2.57. The number of carbonyl (C=O) groups is 1. The maximum absolute atomic E-state index is 12.0. The van der Waals surface area contributed by atoms with Gasteiger partial charge in [0.15, 0.2) is 0 Å². The molecule has 1 N–H and O–H groups in total. The molecule has 0 bridgehead atoms. The highest BCUT2D eigenvalue weighted by Gasteiger charge is 2.11. The van der Waals surface area contributed by atoms with E-state index in [0.717, 1.165) is 11.4 Å². The summed E-state index contributed by atoms with van der Waals surface area (Å²) in [5, 5.41) is 2.59. The van der Waals surface area contributed by atoms with Crippen LogP contribution in [0.1, 0.15) is 22.0 Å². The Kier molecular flexibility index (Phi) is 3.65. The Morgan fingerprint density at radius 1 is 1.16 bits per heavy atom. The Balaban J connectivity index is 2.20. The average molecular weight is 259 g/mol. The molecule has 7 heteroatoms. The van der Waals surface area contributed by atoms with Crippen LogP contribution in [-0.4, -0.2) is 33.0 Å². The van der Waals surface area contributed by atoms with Gasteiger partial charge in [0, 0.05) is 17.5 Å². The van der Waals surface area contributed by atoms with Gasteiger partial charge in [0.2, 0.25) is 11.7 Å². The predicted molar refractivity (Wildman–Crippen MR) is 68.0 cm³/mol. The first-order valence-corrected chi connectivity index (χ1v) is 5.58. The Bertz CT molecular complexity index is 595. The van der Waals surface area contributed by atoms with Crippen LogP contribution in [0.15, 0.2) is 18.5 Å². The van der Waals surface area contributed by atoms with Crippen LogP contribution in [0.3, 0.4) is 0 Å². The van der Waals surface area contributed by atoms with Crippen LogP contribution in [0, 0.1) is 13.8 Å². The zero-order valence-electron chi connectivity index (χ0n) is 10.8. The maximum Gasteiger partial charge on any atom is 0.294 e. The quantitative estimate of drug-likeness (QED) is 0.889. The SMILES string of the molecule is COc1cc(NC(=O)c2nc(C)cc(C)n2)ncn1. The van der Waals surface area contributed by atoms with Crippen molar-refractivity contribution in [2.24, 2.45) is 0 Å². The second kappa shape index (κ2) is 5.38. The third-order valence-electron chi connectivity index (χ3n) is 2.28. The second-order valence-corrected chi connectivity index (χ2v) is 3.87. The number of nitrogens with zero attached hydrogens (tertiary/aromatic N) is 4. The number of methoxy groups -OCH3 is 1. The summed E-state index contributed by atoms with van der Waals surface area (Å²) in [6, 6.07) is 3.31. The number of anilines is 1. The number of nitrogens with one attached hydrogen (secondary N) is 1. The van der Waals surface area contributed by atoms with Crippen molar-refractivity contribution in [2.75, 3.05) is 12.4 Å². The molecule has 7 nitrogen and oxygen atoms in total. The monoisotopic (exact) mass is 259 g/mol. The summed E-state index contributed by atoms with van der Waals surface area (Å²) in [6.45, 7) is 3.61. The van der Waals surface area contributed by atoms with E-state index in [0.29, 0.717) is 11.7 Å². The number of amides is 1. The van der Waals surface area contributed by atoms with Crippen LogP contribution in [-0.2, 0) is 0 Å². The van der Waals surface area contributed by atoms with Crippen molar-refractivity contribution in [3.05, 3.63) is 35.7 Å². The molecule has 0 radical (unpaired) electrons. The minimum atomic E-state index is -0.424. The summed E-state index contributed by atoms with van der Waals surface area (Å²) in [7, 11) is 1.49. The van der Waals surface area contributed by atoms with Gasteiger partial charge in [-0.3, -0.25) is 4.79 Å². The predicted octanol–water partition coefficient (Wildman–Crippen LogP) is 1.14. The third-order valence-corrected chi connectivity index (χ3v) is 2.28. The fraction of sp³-hybridized carbons (Fsp3) is 0.250. The lowest BCUT2D eigenvalue weighted by Gasteiger charge is -2.05. The molecule has 0 aliphatic heterocycles. The summed E-state index contributed by atoms with van der Waals surface area (Å²) in [4.78, 5) is 27.9. The molecule has 1 amide bonds. The highest BCUT2D eigenvalue weighted by Crippen LogP contribution is 2.11. The van der Waals surface area contributed by atoms with Gasteiger partial charge in [-0.25, -0.2) is 19.9 Å². The fourth-order valence-electron chi connectivity index (χ4n) is 1.52. The van der Waals surface area contributed by atoms with E-state index in [1.807, 2.05) is 0 Å². The first-order valence-electron chi connectivity index (χ1n) is 5.58. The van der Waals surface area contributed by atoms with E-state index in [1.54, 1.807) is 19.9 Å². The molecule has 2 heterocycles. The van der Waals surface area contributed by atoms with Crippen molar-refractivity contribution >= 4 is 11.7 Å². The number of ether oxygens (including phenoxy) is 1. The topological polar surface area (TPSA) is 89.9 Å². The fourth-order valence-corrected chi connectivity index (χ4v) is 1.52. The van der Waals surface area contributed by atoms with Crippen LogP contribution in [0.25, 0.3) is 0 Å². The largest absolute Gasteiger partial charge is 0.481 e. The van der Waals surface area contributed by atoms with Gasteiger partial charge in [0.05, 0.1) is 7.11 Å². The normalized spacial score (nSPS) is 10.1. The van der Waals surface area contributed by atoms with Crippen molar-refractivity contribution in [2.45, 2.75) is 13.8 Å². The van der Waals surface area contributed by atoms with E-state index in [2.05, 4.69) is 25.3 Å². The van der Waals surface area contributed by atoms with Crippen LogP contribution in [0.5, 0.6) is 5.88 Å².